The molecule has 3 heterocycles. The first kappa shape index (κ1) is 44.3. The average molecular weight is 1450 g/mol. The van der Waals surface area contributed by atoms with Gasteiger partial charge in [-0.1, -0.05) is 288 Å². The summed E-state index contributed by atoms with van der Waals surface area (Å²) in [5.41, 5.74) is 5.30. The van der Waals surface area contributed by atoms with Crippen LogP contribution in [-0.2, 0) is 42.7 Å². The second-order valence-corrected chi connectivity index (χ2v) is 31.4. The Morgan fingerprint density at radius 1 is 0.442 bits per heavy atom. The molecule has 0 radical (unpaired) electrons. The Kier molecular flexibility index (Phi) is 11.7. The maximum absolute atomic E-state index is 10.4. The van der Waals surface area contributed by atoms with Gasteiger partial charge >= 0.3 is 0 Å². The molecule has 3 aromatic heterocycles. The molecule has 0 bridgehead atoms. The van der Waals surface area contributed by atoms with Crippen LogP contribution in [0.4, 0.5) is 0 Å². The first-order valence-electron chi connectivity index (χ1n) is 41.3. The predicted octanol–water partition coefficient (Wildman–Crippen LogP) is 19.2. The van der Waals surface area contributed by atoms with Crippen molar-refractivity contribution < 1.29 is 57.8 Å². The van der Waals surface area contributed by atoms with Crippen LogP contribution in [0.1, 0.15) is 133 Å². The number of pyridine rings is 1. The zero-order valence-corrected chi connectivity index (χ0v) is 58.1. The molecule has 0 aliphatic heterocycles. The molecule has 11 aromatic carbocycles. The van der Waals surface area contributed by atoms with E-state index < -0.39 is 166 Å². The summed E-state index contributed by atoms with van der Waals surface area (Å²) < 4.78 is 207. The molecule has 14 aromatic rings. The van der Waals surface area contributed by atoms with Gasteiger partial charge in [-0.05, 0) is 139 Å². The van der Waals surface area contributed by atoms with Gasteiger partial charge in [0.1, 0.15) is 5.82 Å². The van der Waals surface area contributed by atoms with Gasteiger partial charge in [0.15, 0.2) is 8.07 Å². The van der Waals surface area contributed by atoms with Crippen LogP contribution in [-0.4, -0.2) is 22.2 Å². The van der Waals surface area contributed by atoms with E-state index in [2.05, 4.69) is 66.1 Å². The fourth-order valence-electron chi connectivity index (χ4n) is 12.4. The van der Waals surface area contributed by atoms with Crippen LogP contribution in [0.5, 0.6) is 11.5 Å². The van der Waals surface area contributed by atoms with Gasteiger partial charge in [-0.15, -0.1) is 29.7 Å². The van der Waals surface area contributed by atoms with Crippen molar-refractivity contribution in [3.63, 3.8) is 0 Å². The van der Waals surface area contributed by atoms with Crippen molar-refractivity contribution in [3.8, 4) is 62.1 Å². The van der Waals surface area contributed by atoms with Crippen LogP contribution in [0.2, 0.25) is 0 Å². The van der Waals surface area contributed by atoms with Crippen molar-refractivity contribution >= 4 is 61.7 Å². The van der Waals surface area contributed by atoms with E-state index in [0.29, 0.717) is 33.7 Å². The van der Waals surface area contributed by atoms with Crippen LogP contribution < -0.4 is 30.1 Å². The molecular weight excluding hydrogens is 1350 g/mol. The summed E-state index contributed by atoms with van der Waals surface area (Å²) in [6.45, 7) is 24.7. The van der Waals surface area contributed by atoms with Crippen LogP contribution in [0.3, 0.4) is 0 Å². The number of fused-ring (bicyclic) bond motifs is 4. The summed E-state index contributed by atoms with van der Waals surface area (Å²) >= 11 is 0. The Hall–Kier alpha value is -9.45. The number of hydrogen-bond acceptors (Lipinski definition) is 2. The number of aromatic nitrogens is 4. The molecule has 0 aliphatic rings. The van der Waals surface area contributed by atoms with Gasteiger partial charge < -0.3 is 13.9 Å². The van der Waals surface area contributed by atoms with Crippen LogP contribution in [0.15, 0.2) is 267 Å². The monoisotopic (exact) mass is 1450 g/mol. The molecule has 0 aliphatic carbocycles. The van der Waals surface area contributed by atoms with Gasteiger partial charge in [0.05, 0.1) is 44.1 Å². The fourth-order valence-corrected chi connectivity index (χ4v) is 16.4. The van der Waals surface area contributed by atoms with E-state index in [1.54, 1.807) is 45.7 Å². The third-order valence-corrected chi connectivity index (χ3v) is 21.7. The third kappa shape index (κ3) is 12.2. The molecule has 95 heavy (non-hydrogen) atoms. The molecule has 5 nitrogen and oxygen atoms in total. The number of rotatable bonds is 12. The van der Waals surface area contributed by atoms with Crippen molar-refractivity contribution in [2.24, 2.45) is 0 Å². The van der Waals surface area contributed by atoms with E-state index in [1.165, 1.54) is 6.07 Å². The number of para-hydroxylation sites is 1. The maximum Gasteiger partial charge on any atom is 0.268 e. The average Bonchev–Trinajstić information content (AvgIpc) is 1.13. The normalized spacial score (nSPS) is 15.3. The van der Waals surface area contributed by atoms with Crippen LogP contribution >= 0.6 is 0 Å². The first-order chi connectivity index (χ1) is 53.4. The van der Waals surface area contributed by atoms with E-state index in [4.69, 9.17) is 15.2 Å². The molecule has 0 N–H and O–H groups in total. The number of benzene rings is 11. The van der Waals surface area contributed by atoms with Crippen LogP contribution in [0.25, 0.3) is 83.4 Å². The van der Waals surface area contributed by atoms with Gasteiger partial charge in [-0.3, -0.25) is 4.57 Å². The molecule has 14 rings (SSSR count). The quantitative estimate of drug-likeness (QED) is 0.0529. The topological polar surface area (TPSA) is 35.9 Å². The number of ether oxygens (including phenoxy) is 1. The van der Waals surface area contributed by atoms with Gasteiger partial charge in [-0.2, -0.15) is 18.2 Å². The Labute approximate surface area is 604 Å². The number of imidazole rings is 1. The summed E-state index contributed by atoms with van der Waals surface area (Å²) in [6.07, 6.45) is 5.45. The first-order valence-corrected chi connectivity index (χ1v) is 33.3. The molecule has 0 fully saturated rings. The SMILES string of the molecule is [2H]c1c([2H])c([2H])c(-c2cc(-c3cc(C(C)(C)C)cc(C(C)(C)C)c3)c(-[n+]3[c-]n(-c4[c-]c(Oc5[c-]c6c(cc5)c5ccccc5n6-c5cc(C(C)(C)C)ccn5)ccc4)c4cc(-c5ccc(C(C)(C)C)cc5)ccc43)c([Si](c3c([2H])c([2H])c([2H])c([2H])c3[2H])(c3c([2H])c([2H])c([2H])c([2H])c3[2H])c3c([2H])c([2H])c([2H])c([2H])c3[2H])c2)c([2H])c1[2H].[Pt]. The number of nitrogens with zero attached hydrogens (tertiary/aromatic N) is 4. The van der Waals surface area contributed by atoms with Crippen molar-refractivity contribution in [2.45, 2.75) is 105 Å². The van der Waals surface area contributed by atoms with Gasteiger partial charge in [0, 0.05) is 44.3 Å². The van der Waals surface area contributed by atoms with Gasteiger partial charge in [0.2, 0.25) is 0 Å². The standard InChI is InChI=1S/C88H80N4OSi.Pt/c1-85(2,3)65-43-40-61(41-44-65)62-42-47-79-81(53-62)90(69-30-27-31-70(57-69)93-71-45-46-76-75-38-25-26-39-78(75)92(80(76)58-71)83-56-66(48-49-89-83)86(4,5)6)59-91(79)84-77(64-50-67(87(7,8)9)55-68(51-64)88(10,11)12)52-63(60-28-17-13-18-29-60)54-82(84)94(72-32-19-14-20-33-72,73-34-21-15-22-35-73)74-36-23-16-24-37-74;/h13-56H,1-12H3;/q-2;/i13D,14D,15D,16D,17D,18D,19D,20D,21D,22D,23D,24D,28D,29D,32D,33D,34D,35D,36D,37D;. The molecule has 0 unspecified atom stereocenters. The zero-order chi connectivity index (χ0) is 82.7. The Balaban J connectivity index is 0.0000115. The Morgan fingerprint density at radius 3 is 1.61 bits per heavy atom. The molecule has 7 heteroatoms. The summed E-state index contributed by atoms with van der Waals surface area (Å²) in [6, 6.07) is 31.4. The molecule has 0 atom stereocenters. The Bertz CT molecular complexity index is 6090. The van der Waals surface area contributed by atoms with E-state index in [1.807, 2.05) is 143 Å². The summed E-state index contributed by atoms with van der Waals surface area (Å²) in [7, 11) is -6.35. The third-order valence-electron chi connectivity index (χ3n) is 17.5. The zero-order valence-electron chi connectivity index (χ0n) is 74.9. The van der Waals surface area contributed by atoms with Gasteiger partial charge in [-0.25, -0.2) is 4.98 Å². The van der Waals surface area contributed by atoms with Gasteiger partial charge in [0.25, 0.3) is 6.33 Å². The molecule has 0 saturated heterocycles. The minimum absolute atomic E-state index is 0. The molecule has 0 saturated carbocycles. The van der Waals surface area contributed by atoms with Crippen molar-refractivity contribution in [3.05, 3.63) is 307 Å². The Morgan fingerprint density at radius 2 is 1.01 bits per heavy atom. The predicted molar refractivity (Wildman–Crippen MR) is 395 cm³/mol. The fraction of sp³-hybridized carbons (Fsp3) is 0.182. The summed E-state index contributed by atoms with van der Waals surface area (Å²) in [4.78, 5) is 4.88. The molecule has 474 valence electrons. The van der Waals surface area contributed by atoms with Crippen LogP contribution in [0, 0.1) is 18.5 Å². The second-order valence-electron chi connectivity index (χ2n) is 27.9. The maximum atomic E-state index is 10.4. The van der Waals surface area contributed by atoms with Crippen molar-refractivity contribution in [1.29, 1.82) is 0 Å². The molecular formula is C88H80N4OPtSi-2. The smallest absolute Gasteiger partial charge is 0.268 e. The molecule has 0 spiro atoms. The minimum atomic E-state index is -6.35. The minimum Gasteiger partial charge on any atom is -0.510 e. The van der Waals surface area contributed by atoms with E-state index in [-0.39, 0.29) is 65.7 Å². The van der Waals surface area contributed by atoms with Crippen molar-refractivity contribution in [2.75, 3.05) is 0 Å². The second kappa shape index (κ2) is 25.0. The largest absolute Gasteiger partial charge is 0.510 e. The molecule has 0 amide bonds. The van der Waals surface area contributed by atoms with E-state index in [9.17, 15) is 21.9 Å². The summed E-state index contributed by atoms with van der Waals surface area (Å²) in [5.74, 6) is 1.17. The van der Waals surface area contributed by atoms with E-state index >= 15 is 0 Å². The number of hydrogen-bond donors (Lipinski definition) is 0. The van der Waals surface area contributed by atoms with E-state index in [0.717, 1.165) is 44.1 Å². The van der Waals surface area contributed by atoms with Crippen molar-refractivity contribution in [1.82, 2.24) is 14.1 Å². The summed E-state index contributed by atoms with van der Waals surface area (Å²) in [5, 5.41) is -1.06.